The Kier molecular flexibility index (Phi) is 4.53. The van der Waals surface area contributed by atoms with Crippen LogP contribution in [0.4, 0.5) is 0 Å². The van der Waals surface area contributed by atoms with Crippen molar-refractivity contribution in [2.75, 3.05) is 6.61 Å². The summed E-state index contributed by atoms with van der Waals surface area (Å²) in [4.78, 5) is 12.3. The van der Waals surface area contributed by atoms with Crippen LogP contribution in [0.15, 0.2) is 36.5 Å². The van der Waals surface area contributed by atoms with Gasteiger partial charge in [0.1, 0.15) is 0 Å². The van der Waals surface area contributed by atoms with Crippen LogP contribution in [0.25, 0.3) is 0 Å². The van der Waals surface area contributed by atoms with Crippen LogP contribution in [-0.4, -0.2) is 27.4 Å². The van der Waals surface area contributed by atoms with E-state index >= 15 is 0 Å². The molecule has 0 aliphatic rings. The first-order valence-corrected chi connectivity index (χ1v) is 6.64. The number of nitrogens with one attached hydrogen (secondary N) is 1. The minimum atomic E-state index is -0.409. The highest BCUT2D eigenvalue weighted by atomic mass is 16.3. The third kappa shape index (κ3) is 3.05. The van der Waals surface area contributed by atoms with Gasteiger partial charge in [0.05, 0.1) is 23.9 Å². The predicted octanol–water partition coefficient (Wildman–Crippen LogP) is 1.45. The number of hydrogen-bond acceptors (Lipinski definition) is 3. The predicted molar refractivity (Wildman–Crippen MR) is 76.3 cm³/mol. The Labute approximate surface area is 118 Å². The lowest BCUT2D eigenvalue weighted by atomic mass is 10.1. The molecule has 1 amide bonds. The van der Waals surface area contributed by atoms with E-state index in [0.717, 1.165) is 11.3 Å². The summed E-state index contributed by atoms with van der Waals surface area (Å²) in [6.45, 7) is 1.82. The van der Waals surface area contributed by atoms with Gasteiger partial charge in [-0.1, -0.05) is 37.3 Å². The Morgan fingerprint density at radius 2 is 2.10 bits per heavy atom. The van der Waals surface area contributed by atoms with Gasteiger partial charge in [0.15, 0.2) is 0 Å². The Morgan fingerprint density at radius 3 is 2.70 bits per heavy atom. The van der Waals surface area contributed by atoms with Gasteiger partial charge in [0.2, 0.25) is 0 Å². The van der Waals surface area contributed by atoms with Crippen molar-refractivity contribution in [2.45, 2.75) is 19.4 Å². The van der Waals surface area contributed by atoms with Crippen LogP contribution in [0.1, 0.15) is 34.6 Å². The number of nitrogens with zero attached hydrogens (tertiary/aromatic N) is 2. The fraction of sp³-hybridized carbons (Fsp3) is 0.333. The number of aryl methyl sites for hydroxylation is 2. The van der Waals surface area contributed by atoms with Gasteiger partial charge in [-0.3, -0.25) is 9.48 Å². The van der Waals surface area contributed by atoms with Crippen LogP contribution in [0, 0.1) is 0 Å². The van der Waals surface area contributed by atoms with E-state index in [0.29, 0.717) is 12.0 Å². The molecule has 0 aliphatic carbocycles. The molecule has 106 valence electrons. The number of hydrogen-bond donors (Lipinski definition) is 2. The molecule has 1 atom stereocenters. The maximum Gasteiger partial charge on any atom is 0.255 e. The molecular formula is C15H19N3O2. The van der Waals surface area contributed by atoms with Crippen molar-refractivity contribution in [1.82, 2.24) is 15.1 Å². The molecule has 0 bridgehead atoms. The maximum atomic E-state index is 12.3. The lowest BCUT2D eigenvalue weighted by molar-refractivity contribution is 0.0915. The van der Waals surface area contributed by atoms with Gasteiger partial charge < -0.3 is 10.4 Å². The number of rotatable bonds is 5. The van der Waals surface area contributed by atoms with E-state index in [1.807, 2.05) is 37.3 Å². The van der Waals surface area contributed by atoms with Gasteiger partial charge in [0.25, 0.3) is 5.91 Å². The molecular weight excluding hydrogens is 254 g/mol. The van der Waals surface area contributed by atoms with Gasteiger partial charge in [-0.25, -0.2) is 0 Å². The minimum absolute atomic E-state index is 0.141. The molecule has 0 radical (unpaired) electrons. The van der Waals surface area contributed by atoms with Crippen LogP contribution >= 0.6 is 0 Å². The van der Waals surface area contributed by atoms with E-state index in [1.165, 1.54) is 0 Å². The van der Waals surface area contributed by atoms with E-state index in [9.17, 15) is 9.90 Å². The molecule has 0 saturated carbocycles. The SMILES string of the molecule is CCc1nn(C)cc1C(=O)N[C@@H](CO)c1ccccc1. The normalized spacial score (nSPS) is 12.2. The number of carbonyl (C=O) groups excluding carboxylic acids is 1. The van der Waals surface area contributed by atoms with Crippen molar-refractivity contribution in [2.24, 2.45) is 7.05 Å². The van der Waals surface area contributed by atoms with Crippen LogP contribution in [0.3, 0.4) is 0 Å². The van der Waals surface area contributed by atoms with Gasteiger partial charge in [-0.2, -0.15) is 5.10 Å². The summed E-state index contributed by atoms with van der Waals surface area (Å²) >= 11 is 0. The molecule has 0 aliphatic heterocycles. The largest absolute Gasteiger partial charge is 0.394 e. The molecule has 5 nitrogen and oxygen atoms in total. The first-order chi connectivity index (χ1) is 9.65. The van der Waals surface area contributed by atoms with E-state index < -0.39 is 6.04 Å². The molecule has 2 aromatic rings. The van der Waals surface area contributed by atoms with Crippen LogP contribution in [0.2, 0.25) is 0 Å². The highest BCUT2D eigenvalue weighted by molar-refractivity contribution is 5.95. The fourth-order valence-corrected chi connectivity index (χ4v) is 2.14. The van der Waals surface area contributed by atoms with Crippen LogP contribution in [-0.2, 0) is 13.5 Å². The smallest absolute Gasteiger partial charge is 0.255 e. The van der Waals surface area contributed by atoms with Crippen molar-refractivity contribution in [3.05, 3.63) is 53.3 Å². The van der Waals surface area contributed by atoms with Crippen molar-refractivity contribution in [3.63, 3.8) is 0 Å². The van der Waals surface area contributed by atoms with Crippen molar-refractivity contribution < 1.29 is 9.90 Å². The molecule has 0 unspecified atom stereocenters. The quantitative estimate of drug-likeness (QED) is 0.866. The van der Waals surface area contributed by atoms with Crippen molar-refractivity contribution in [1.29, 1.82) is 0 Å². The zero-order valence-electron chi connectivity index (χ0n) is 11.7. The zero-order chi connectivity index (χ0) is 14.5. The first kappa shape index (κ1) is 14.3. The number of aliphatic hydroxyl groups excluding tert-OH is 1. The second-order valence-electron chi connectivity index (χ2n) is 4.64. The minimum Gasteiger partial charge on any atom is -0.394 e. The molecule has 0 spiro atoms. The summed E-state index contributed by atoms with van der Waals surface area (Å²) < 4.78 is 1.63. The molecule has 2 rings (SSSR count). The Balaban J connectivity index is 2.17. The third-order valence-electron chi connectivity index (χ3n) is 3.17. The number of benzene rings is 1. The first-order valence-electron chi connectivity index (χ1n) is 6.64. The second kappa shape index (κ2) is 6.34. The lowest BCUT2D eigenvalue weighted by Crippen LogP contribution is -2.31. The van der Waals surface area contributed by atoms with Gasteiger partial charge >= 0.3 is 0 Å². The molecule has 20 heavy (non-hydrogen) atoms. The van der Waals surface area contributed by atoms with Crippen LogP contribution in [0.5, 0.6) is 0 Å². The maximum absolute atomic E-state index is 12.3. The Morgan fingerprint density at radius 1 is 1.40 bits per heavy atom. The van der Waals surface area contributed by atoms with Gasteiger partial charge in [0, 0.05) is 13.2 Å². The average molecular weight is 273 g/mol. The molecule has 1 heterocycles. The number of carbonyl (C=O) groups is 1. The molecule has 0 fully saturated rings. The molecule has 5 heteroatoms. The van der Waals surface area contributed by atoms with Crippen molar-refractivity contribution in [3.8, 4) is 0 Å². The Bertz CT molecular complexity index is 578. The van der Waals surface area contributed by atoms with E-state index in [2.05, 4.69) is 10.4 Å². The topological polar surface area (TPSA) is 67.2 Å². The summed E-state index contributed by atoms with van der Waals surface area (Å²) in [6.07, 6.45) is 2.40. The zero-order valence-corrected chi connectivity index (χ0v) is 11.7. The lowest BCUT2D eigenvalue weighted by Gasteiger charge is -2.16. The van der Waals surface area contributed by atoms with Crippen molar-refractivity contribution >= 4 is 5.91 Å². The standard InChI is InChI=1S/C15H19N3O2/c1-3-13-12(9-18(2)17-13)15(20)16-14(10-19)11-7-5-4-6-8-11/h4-9,14,19H,3,10H2,1-2H3,(H,16,20)/t14-/m0/s1. The number of amides is 1. The molecule has 2 N–H and O–H groups in total. The van der Waals surface area contributed by atoms with E-state index in [4.69, 9.17) is 0 Å². The summed E-state index contributed by atoms with van der Waals surface area (Å²) in [5, 5.41) is 16.6. The molecule has 0 saturated heterocycles. The second-order valence-corrected chi connectivity index (χ2v) is 4.64. The fourth-order valence-electron chi connectivity index (χ4n) is 2.14. The highest BCUT2D eigenvalue weighted by Crippen LogP contribution is 2.14. The van der Waals surface area contributed by atoms with Gasteiger partial charge in [-0.05, 0) is 12.0 Å². The molecule has 1 aromatic heterocycles. The average Bonchev–Trinajstić information content (AvgIpc) is 2.86. The molecule has 1 aromatic carbocycles. The Hall–Kier alpha value is -2.14. The number of aromatic nitrogens is 2. The summed E-state index contributed by atoms with van der Waals surface area (Å²) in [7, 11) is 1.79. The van der Waals surface area contributed by atoms with Gasteiger partial charge in [-0.15, -0.1) is 0 Å². The number of aliphatic hydroxyl groups is 1. The summed E-state index contributed by atoms with van der Waals surface area (Å²) in [5.74, 6) is -0.210. The highest BCUT2D eigenvalue weighted by Gasteiger charge is 2.18. The summed E-state index contributed by atoms with van der Waals surface area (Å²) in [5.41, 5.74) is 2.20. The monoisotopic (exact) mass is 273 g/mol. The summed E-state index contributed by atoms with van der Waals surface area (Å²) in [6, 6.07) is 9.01. The van der Waals surface area contributed by atoms with E-state index in [-0.39, 0.29) is 12.5 Å². The van der Waals surface area contributed by atoms with E-state index in [1.54, 1.807) is 17.9 Å². The van der Waals surface area contributed by atoms with Crippen LogP contribution < -0.4 is 5.32 Å². The third-order valence-corrected chi connectivity index (χ3v) is 3.17.